The number of hydrogen-bond acceptors (Lipinski definition) is 4. The molecule has 1 saturated heterocycles. The number of quaternary nitrogens is 1. The molecule has 3 rings (SSSR count). The van der Waals surface area contributed by atoms with Crippen LogP contribution in [0.1, 0.15) is 12.5 Å². The van der Waals surface area contributed by atoms with Crippen LogP contribution in [0.25, 0.3) is 0 Å². The monoisotopic (exact) mass is 418 g/mol. The van der Waals surface area contributed by atoms with Gasteiger partial charge in [0.2, 0.25) is 10.0 Å². The lowest BCUT2D eigenvalue weighted by Gasteiger charge is -2.34. The molecule has 1 amide bonds. The summed E-state index contributed by atoms with van der Waals surface area (Å²) in [5, 5.41) is 2.91. The van der Waals surface area contributed by atoms with E-state index in [0.717, 1.165) is 10.5 Å². The number of piperazine rings is 1. The fourth-order valence-electron chi connectivity index (χ4n) is 3.48. The molecule has 8 heteroatoms. The SMILES string of the molecule is COc1ccccc1NC(=O)[C@@H](C)[NH+]1CCN(S(=O)(=O)c2ccc(C)cc2)CC1. The van der Waals surface area contributed by atoms with E-state index in [1.54, 1.807) is 43.5 Å². The molecule has 1 aliphatic heterocycles. The number of amides is 1. The largest absolute Gasteiger partial charge is 0.495 e. The van der Waals surface area contributed by atoms with Crippen molar-refractivity contribution in [3.8, 4) is 5.75 Å². The number of carbonyl (C=O) groups is 1. The lowest BCUT2D eigenvalue weighted by Crippen LogP contribution is -3.19. The minimum absolute atomic E-state index is 0.112. The van der Waals surface area contributed by atoms with Gasteiger partial charge in [-0.3, -0.25) is 4.79 Å². The molecule has 0 saturated carbocycles. The van der Waals surface area contributed by atoms with Gasteiger partial charge in [0.1, 0.15) is 5.75 Å². The number of benzene rings is 2. The van der Waals surface area contributed by atoms with Crippen molar-refractivity contribution >= 4 is 21.6 Å². The molecule has 1 atom stereocenters. The average Bonchev–Trinajstić information content (AvgIpc) is 2.74. The Balaban J connectivity index is 1.61. The van der Waals surface area contributed by atoms with Crippen molar-refractivity contribution in [3.05, 3.63) is 54.1 Å². The third kappa shape index (κ3) is 4.77. The molecule has 0 unspecified atom stereocenters. The van der Waals surface area contributed by atoms with E-state index in [9.17, 15) is 13.2 Å². The maximum Gasteiger partial charge on any atom is 0.282 e. The fourth-order valence-corrected chi connectivity index (χ4v) is 4.92. The van der Waals surface area contributed by atoms with Gasteiger partial charge in [-0.25, -0.2) is 8.42 Å². The molecular formula is C21H28N3O4S+. The van der Waals surface area contributed by atoms with Crippen molar-refractivity contribution in [1.29, 1.82) is 0 Å². The second-order valence-corrected chi connectivity index (χ2v) is 9.22. The lowest BCUT2D eigenvalue weighted by molar-refractivity contribution is -0.917. The van der Waals surface area contributed by atoms with Crippen molar-refractivity contribution < 1.29 is 22.8 Å². The van der Waals surface area contributed by atoms with Gasteiger partial charge in [0.05, 0.1) is 43.9 Å². The predicted molar refractivity (Wildman–Crippen MR) is 112 cm³/mol. The molecule has 2 aromatic rings. The van der Waals surface area contributed by atoms with Crippen molar-refractivity contribution in [1.82, 2.24) is 4.31 Å². The Morgan fingerprint density at radius 1 is 1.10 bits per heavy atom. The number of nitrogens with zero attached hydrogens (tertiary/aromatic N) is 1. The summed E-state index contributed by atoms with van der Waals surface area (Å²) >= 11 is 0. The molecule has 156 valence electrons. The van der Waals surface area contributed by atoms with Gasteiger partial charge in [-0.05, 0) is 38.1 Å². The Hall–Kier alpha value is -2.42. The van der Waals surface area contributed by atoms with Crippen LogP contribution in [-0.4, -0.2) is 58.0 Å². The van der Waals surface area contributed by atoms with Gasteiger partial charge >= 0.3 is 0 Å². The highest BCUT2D eigenvalue weighted by Crippen LogP contribution is 2.23. The van der Waals surface area contributed by atoms with Crippen LogP contribution in [0.5, 0.6) is 5.75 Å². The summed E-state index contributed by atoms with van der Waals surface area (Å²) in [4.78, 5) is 14.1. The normalized spacial score (nSPS) is 16.9. The molecule has 29 heavy (non-hydrogen) atoms. The maximum atomic E-state index is 12.8. The fraction of sp³-hybridized carbons (Fsp3) is 0.381. The highest BCUT2D eigenvalue weighted by Gasteiger charge is 2.34. The molecule has 0 aliphatic carbocycles. The van der Waals surface area contributed by atoms with Gasteiger partial charge in [0.25, 0.3) is 5.91 Å². The van der Waals surface area contributed by atoms with Crippen LogP contribution in [-0.2, 0) is 14.8 Å². The molecule has 1 fully saturated rings. The number of aryl methyl sites for hydroxylation is 1. The van der Waals surface area contributed by atoms with Crippen molar-refractivity contribution in [3.63, 3.8) is 0 Å². The molecule has 1 heterocycles. The summed E-state index contributed by atoms with van der Waals surface area (Å²) in [7, 11) is -1.94. The van der Waals surface area contributed by atoms with E-state index in [4.69, 9.17) is 4.74 Å². The van der Waals surface area contributed by atoms with Crippen LogP contribution in [0.2, 0.25) is 0 Å². The maximum absolute atomic E-state index is 12.8. The zero-order valence-electron chi connectivity index (χ0n) is 17.0. The third-order valence-electron chi connectivity index (χ3n) is 5.39. The summed E-state index contributed by atoms with van der Waals surface area (Å²) in [6, 6.07) is 13.9. The van der Waals surface area contributed by atoms with Crippen LogP contribution in [0.3, 0.4) is 0 Å². The van der Waals surface area contributed by atoms with Crippen LogP contribution in [0, 0.1) is 6.92 Å². The summed E-state index contributed by atoms with van der Waals surface area (Å²) in [6.07, 6.45) is 0. The Morgan fingerprint density at radius 2 is 1.72 bits per heavy atom. The highest BCUT2D eigenvalue weighted by molar-refractivity contribution is 7.89. The minimum atomic E-state index is -3.50. The van der Waals surface area contributed by atoms with Crippen LogP contribution >= 0.6 is 0 Å². The van der Waals surface area contributed by atoms with E-state index in [1.165, 1.54) is 4.31 Å². The number of hydrogen-bond donors (Lipinski definition) is 2. The van der Waals surface area contributed by atoms with Crippen LogP contribution in [0.15, 0.2) is 53.4 Å². The Labute approximate surface area is 172 Å². The first kappa shape index (κ1) is 21.3. The number of carbonyl (C=O) groups excluding carboxylic acids is 1. The summed E-state index contributed by atoms with van der Waals surface area (Å²) in [5.74, 6) is 0.497. The van der Waals surface area contributed by atoms with Gasteiger partial charge in [0.15, 0.2) is 6.04 Å². The van der Waals surface area contributed by atoms with Crippen LogP contribution in [0.4, 0.5) is 5.69 Å². The summed E-state index contributed by atoms with van der Waals surface area (Å²) < 4.78 is 32.5. The Morgan fingerprint density at radius 3 is 2.34 bits per heavy atom. The lowest BCUT2D eigenvalue weighted by atomic mass is 10.2. The van der Waals surface area contributed by atoms with Crippen molar-refractivity contribution in [2.45, 2.75) is 24.8 Å². The van der Waals surface area contributed by atoms with E-state index >= 15 is 0 Å². The van der Waals surface area contributed by atoms with Gasteiger partial charge in [-0.15, -0.1) is 0 Å². The Bertz CT molecular complexity index is 952. The number of nitrogens with one attached hydrogen (secondary N) is 2. The predicted octanol–water partition coefficient (Wildman–Crippen LogP) is 0.920. The van der Waals surface area contributed by atoms with Crippen molar-refractivity contribution in [2.75, 3.05) is 38.6 Å². The average molecular weight is 419 g/mol. The van der Waals surface area contributed by atoms with Gasteiger partial charge in [-0.1, -0.05) is 29.8 Å². The molecule has 0 radical (unpaired) electrons. The molecule has 2 aromatic carbocycles. The van der Waals surface area contributed by atoms with Crippen LogP contribution < -0.4 is 15.0 Å². The van der Waals surface area contributed by atoms with Crippen molar-refractivity contribution in [2.24, 2.45) is 0 Å². The molecule has 1 aliphatic rings. The first-order valence-corrected chi connectivity index (χ1v) is 11.1. The van der Waals surface area contributed by atoms with E-state index in [1.807, 2.05) is 26.0 Å². The van der Waals surface area contributed by atoms with Gasteiger partial charge in [-0.2, -0.15) is 4.31 Å². The summed E-state index contributed by atoms with van der Waals surface area (Å²) in [5.41, 5.74) is 1.65. The first-order valence-electron chi connectivity index (χ1n) is 9.68. The number of rotatable bonds is 6. The van der Waals surface area contributed by atoms with E-state index < -0.39 is 10.0 Å². The number of sulfonamides is 1. The Kier molecular flexibility index (Phi) is 6.56. The number of anilines is 1. The second-order valence-electron chi connectivity index (χ2n) is 7.29. The molecule has 0 aromatic heterocycles. The number of methoxy groups -OCH3 is 1. The quantitative estimate of drug-likeness (QED) is 0.731. The smallest absolute Gasteiger partial charge is 0.282 e. The minimum Gasteiger partial charge on any atom is -0.495 e. The van der Waals surface area contributed by atoms with E-state index in [0.29, 0.717) is 42.5 Å². The topological polar surface area (TPSA) is 80.2 Å². The molecule has 0 spiro atoms. The number of para-hydroxylation sites is 2. The highest BCUT2D eigenvalue weighted by atomic mass is 32.2. The molecular weight excluding hydrogens is 390 g/mol. The van der Waals surface area contributed by atoms with Gasteiger partial charge < -0.3 is 15.0 Å². The standard InChI is InChI=1S/C21H27N3O4S/c1-16-8-10-18(11-9-16)29(26,27)24-14-12-23(13-15-24)17(2)21(25)22-19-6-4-5-7-20(19)28-3/h4-11,17H,12-15H2,1-3H3,(H,22,25)/p+1/t17-/m1/s1. The molecule has 0 bridgehead atoms. The second kappa shape index (κ2) is 8.94. The first-order chi connectivity index (χ1) is 13.8. The third-order valence-corrected chi connectivity index (χ3v) is 7.31. The zero-order valence-corrected chi connectivity index (χ0v) is 17.8. The van der Waals surface area contributed by atoms with E-state index in [2.05, 4.69) is 5.32 Å². The van der Waals surface area contributed by atoms with Gasteiger partial charge in [0, 0.05) is 0 Å². The molecule has 7 nitrogen and oxygen atoms in total. The summed E-state index contributed by atoms with van der Waals surface area (Å²) in [6.45, 7) is 5.72. The molecule has 2 N–H and O–H groups in total. The number of ether oxygens (including phenoxy) is 1. The van der Waals surface area contributed by atoms with E-state index in [-0.39, 0.29) is 11.9 Å². The zero-order chi connectivity index (χ0) is 21.0.